The molecular weight excluding hydrogens is 428 g/mol. The molecule has 0 aromatic heterocycles. The molecule has 0 fully saturated rings. The van der Waals surface area contributed by atoms with Gasteiger partial charge >= 0.3 is 23.9 Å². The molecule has 2 aromatic rings. The fourth-order valence-electron chi connectivity index (χ4n) is 2.85. The number of carbonyl (C=O) groups is 4. The Morgan fingerprint density at radius 1 is 0.606 bits per heavy atom. The number of hydrogen-bond donors (Lipinski definition) is 0. The minimum atomic E-state index is -1.07. The minimum Gasteiger partial charge on any atom is -0.457 e. The smallest absolute Gasteiger partial charge is 0.422 e. The molecule has 0 atom stereocenters. The molecule has 0 aliphatic heterocycles. The normalized spacial score (nSPS) is 10.8. The summed E-state index contributed by atoms with van der Waals surface area (Å²) in [5, 5.41) is 0. The van der Waals surface area contributed by atoms with Gasteiger partial charge in [0.2, 0.25) is 0 Å². The molecule has 2 aromatic carbocycles. The van der Waals surface area contributed by atoms with Crippen molar-refractivity contribution >= 4 is 23.9 Å². The Kier molecular flexibility index (Phi) is 9.15. The third kappa shape index (κ3) is 7.17. The maximum Gasteiger partial charge on any atom is 0.422 e. The van der Waals surface area contributed by atoms with E-state index in [9.17, 15) is 19.2 Å². The highest BCUT2D eigenvalue weighted by atomic mass is 16.6. The molecule has 0 unspecified atom stereocenters. The van der Waals surface area contributed by atoms with Crippen LogP contribution in [0.25, 0.3) is 0 Å². The van der Waals surface area contributed by atoms with Crippen molar-refractivity contribution in [2.75, 3.05) is 13.2 Å². The van der Waals surface area contributed by atoms with Gasteiger partial charge in [0.25, 0.3) is 0 Å². The molecule has 33 heavy (non-hydrogen) atoms. The highest BCUT2D eigenvalue weighted by molar-refractivity contribution is 6.30. The quantitative estimate of drug-likeness (QED) is 0.336. The van der Waals surface area contributed by atoms with Crippen LogP contribution in [0.15, 0.2) is 48.5 Å². The van der Waals surface area contributed by atoms with Gasteiger partial charge < -0.3 is 18.9 Å². The molecule has 0 radical (unpaired) electrons. The molecule has 0 heterocycles. The first kappa shape index (κ1) is 25.6. The predicted molar refractivity (Wildman–Crippen MR) is 119 cm³/mol. The van der Waals surface area contributed by atoms with Crippen molar-refractivity contribution in [1.82, 2.24) is 0 Å². The van der Waals surface area contributed by atoms with E-state index in [1.807, 2.05) is 27.7 Å². The lowest BCUT2D eigenvalue weighted by molar-refractivity contribution is -0.162. The van der Waals surface area contributed by atoms with Gasteiger partial charge in [0.15, 0.2) is 0 Å². The summed E-state index contributed by atoms with van der Waals surface area (Å²) < 4.78 is 19.6. The molecule has 0 saturated carbocycles. The predicted octanol–water partition coefficient (Wildman–Crippen LogP) is 3.73. The second kappa shape index (κ2) is 11.8. The molecule has 8 nitrogen and oxygen atoms in total. The van der Waals surface area contributed by atoms with Gasteiger partial charge in [0, 0.05) is 5.41 Å². The fraction of sp³-hybridized carbons (Fsp3) is 0.360. The summed E-state index contributed by atoms with van der Waals surface area (Å²) in [6.07, 6.45) is 1.22. The Morgan fingerprint density at radius 3 is 1.24 bits per heavy atom. The van der Waals surface area contributed by atoms with E-state index in [1.165, 1.54) is 0 Å². The Labute approximate surface area is 192 Å². The standard InChI is InChI=1S/C25H28O8/c1-5-15-30-21(26)23(28)32-19-11-7-17(8-12-19)25(3,4)18-9-13-20(14-10-18)33-24(29)22(27)31-16-6-2/h7-14H,5-6,15-16H2,1-4H3. The topological polar surface area (TPSA) is 105 Å². The SMILES string of the molecule is CCCOC(=O)C(=O)Oc1ccc(C(C)(C)c2ccc(OC(=O)C(=O)OCCC)cc2)cc1. The van der Waals surface area contributed by atoms with Crippen LogP contribution in [0.5, 0.6) is 11.5 Å². The lowest BCUT2D eigenvalue weighted by atomic mass is 9.78. The molecular formula is C25H28O8. The van der Waals surface area contributed by atoms with E-state index in [0.717, 1.165) is 11.1 Å². The first-order valence-electron chi connectivity index (χ1n) is 10.7. The fourth-order valence-corrected chi connectivity index (χ4v) is 2.85. The van der Waals surface area contributed by atoms with E-state index >= 15 is 0 Å². The number of carbonyl (C=O) groups excluding carboxylic acids is 4. The van der Waals surface area contributed by atoms with Crippen LogP contribution in [-0.2, 0) is 34.1 Å². The molecule has 0 aliphatic carbocycles. The van der Waals surface area contributed by atoms with Crippen molar-refractivity contribution < 1.29 is 38.1 Å². The maximum atomic E-state index is 11.8. The Morgan fingerprint density at radius 2 is 0.939 bits per heavy atom. The van der Waals surface area contributed by atoms with Gasteiger partial charge in [-0.2, -0.15) is 0 Å². The lowest BCUT2D eigenvalue weighted by Gasteiger charge is -2.26. The van der Waals surface area contributed by atoms with Crippen molar-refractivity contribution in [3.63, 3.8) is 0 Å². The first-order chi connectivity index (χ1) is 15.7. The van der Waals surface area contributed by atoms with Crippen molar-refractivity contribution in [2.45, 2.75) is 46.0 Å². The van der Waals surface area contributed by atoms with E-state index in [4.69, 9.17) is 18.9 Å². The third-order valence-electron chi connectivity index (χ3n) is 4.78. The molecule has 176 valence electrons. The molecule has 0 amide bonds. The molecule has 0 aliphatic rings. The van der Waals surface area contributed by atoms with Crippen molar-refractivity contribution in [3.05, 3.63) is 59.7 Å². The zero-order valence-corrected chi connectivity index (χ0v) is 19.2. The Hall–Kier alpha value is -3.68. The van der Waals surface area contributed by atoms with Gasteiger partial charge in [0.05, 0.1) is 13.2 Å². The van der Waals surface area contributed by atoms with Gasteiger partial charge in [-0.25, -0.2) is 19.2 Å². The summed E-state index contributed by atoms with van der Waals surface area (Å²) in [5.41, 5.74) is 1.40. The van der Waals surface area contributed by atoms with Crippen LogP contribution < -0.4 is 9.47 Å². The number of rotatable bonds is 8. The van der Waals surface area contributed by atoms with Crippen LogP contribution >= 0.6 is 0 Å². The number of ether oxygens (including phenoxy) is 4. The van der Waals surface area contributed by atoms with E-state index in [0.29, 0.717) is 12.8 Å². The first-order valence-corrected chi connectivity index (χ1v) is 10.7. The maximum absolute atomic E-state index is 11.8. The Bertz CT molecular complexity index is 895. The molecule has 0 spiro atoms. The molecule has 2 rings (SSSR count). The van der Waals surface area contributed by atoms with Crippen LogP contribution in [0.4, 0.5) is 0 Å². The lowest BCUT2D eigenvalue weighted by Crippen LogP contribution is -2.24. The van der Waals surface area contributed by atoms with Crippen molar-refractivity contribution in [3.8, 4) is 11.5 Å². The summed E-state index contributed by atoms with van der Waals surface area (Å²) in [6, 6.07) is 13.5. The Balaban J connectivity index is 2.04. The minimum absolute atomic E-state index is 0.155. The van der Waals surface area contributed by atoms with Crippen LogP contribution in [0.2, 0.25) is 0 Å². The van der Waals surface area contributed by atoms with Crippen molar-refractivity contribution in [2.24, 2.45) is 0 Å². The average Bonchev–Trinajstić information content (AvgIpc) is 2.81. The van der Waals surface area contributed by atoms with Crippen molar-refractivity contribution in [1.29, 1.82) is 0 Å². The van der Waals surface area contributed by atoms with Crippen LogP contribution in [0, 0.1) is 0 Å². The van der Waals surface area contributed by atoms with Gasteiger partial charge in [-0.05, 0) is 48.2 Å². The van der Waals surface area contributed by atoms with E-state index in [1.54, 1.807) is 48.5 Å². The molecule has 0 N–H and O–H groups in total. The monoisotopic (exact) mass is 456 g/mol. The van der Waals surface area contributed by atoms with Gasteiger partial charge in [-0.3, -0.25) is 0 Å². The number of esters is 4. The second-order valence-corrected chi connectivity index (χ2v) is 7.72. The zero-order chi connectivity index (χ0) is 24.4. The molecule has 0 bridgehead atoms. The third-order valence-corrected chi connectivity index (χ3v) is 4.78. The largest absolute Gasteiger partial charge is 0.457 e. The van der Waals surface area contributed by atoms with Crippen LogP contribution in [0.1, 0.15) is 51.7 Å². The van der Waals surface area contributed by atoms with Crippen LogP contribution in [0.3, 0.4) is 0 Å². The highest BCUT2D eigenvalue weighted by Crippen LogP contribution is 2.33. The average molecular weight is 456 g/mol. The molecule has 0 saturated heterocycles. The van der Waals surface area contributed by atoms with Crippen LogP contribution in [-0.4, -0.2) is 37.1 Å². The summed E-state index contributed by atoms with van der Waals surface area (Å²) in [4.78, 5) is 46.6. The molecule has 8 heteroatoms. The second-order valence-electron chi connectivity index (χ2n) is 7.72. The van der Waals surface area contributed by atoms with E-state index in [2.05, 4.69) is 0 Å². The van der Waals surface area contributed by atoms with Gasteiger partial charge in [-0.1, -0.05) is 52.0 Å². The van der Waals surface area contributed by atoms with Gasteiger partial charge in [0.1, 0.15) is 11.5 Å². The summed E-state index contributed by atoms with van der Waals surface area (Å²) in [7, 11) is 0. The van der Waals surface area contributed by atoms with E-state index in [-0.39, 0.29) is 24.7 Å². The highest BCUT2D eigenvalue weighted by Gasteiger charge is 2.25. The summed E-state index contributed by atoms with van der Waals surface area (Å²) in [5.74, 6) is -3.74. The summed E-state index contributed by atoms with van der Waals surface area (Å²) in [6.45, 7) is 7.95. The van der Waals surface area contributed by atoms with Gasteiger partial charge in [-0.15, -0.1) is 0 Å². The summed E-state index contributed by atoms with van der Waals surface area (Å²) >= 11 is 0. The number of benzene rings is 2. The van der Waals surface area contributed by atoms with E-state index < -0.39 is 29.3 Å². The zero-order valence-electron chi connectivity index (χ0n) is 19.2. The number of hydrogen-bond acceptors (Lipinski definition) is 8.